The van der Waals surface area contributed by atoms with Crippen molar-refractivity contribution in [2.45, 2.75) is 39.2 Å². The maximum absolute atomic E-state index is 4.59. The topological polar surface area (TPSA) is 40.7 Å². The van der Waals surface area contributed by atoms with Crippen LogP contribution in [0.1, 0.15) is 45.0 Å². The molecule has 3 nitrogen and oxygen atoms in total. The Morgan fingerprint density at radius 3 is 2.59 bits per heavy atom. The molecular formula is C14H21N3. The Labute approximate surface area is 103 Å². The van der Waals surface area contributed by atoms with E-state index < -0.39 is 0 Å². The minimum atomic E-state index is -0.0166. The number of rotatable bonds is 3. The molecule has 0 aliphatic carbocycles. The average molecular weight is 231 g/mol. The summed E-state index contributed by atoms with van der Waals surface area (Å²) in [6.45, 7) is 8.65. The van der Waals surface area contributed by atoms with Crippen molar-refractivity contribution >= 4 is 11.0 Å². The molecule has 0 atom stereocenters. The fourth-order valence-corrected chi connectivity index (χ4v) is 1.84. The normalized spacial score (nSPS) is 12.6. The highest BCUT2D eigenvalue weighted by molar-refractivity contribution is 5.76. The molecular weight excluding hydrogens is 210 g/mol. The molecule has 0 amide bonds. The molecule has 0 unspecified atom stereocenters. The summed E-state index contributed by atoms with van der Waals surface area (Å²) in [5, 5.41) is 3.32. The van der Waals surface area contributed by atoms with Gasteiger partial charge in [-0.3, -0.25) is 0 Å². The number of nitrogens with one attached hydrogen (secondary N) is 2. The molecule has 0 saturated carbocycles. The zero-order valence-corrected chi connectivity index (χ0v) is 11.3. The van der Waals surface area contributed by atoms with Gasteiger partial charge in [-0.05, 0) is 38.6 Å². The molecule has 0 radical (unpaired) electrons. The van der Waals surface area contributed by atoms with Crippen LogP contribution < -0.4 is 5.32 Å². The standard InChI is InChI=1S/C14H21N3/c1-9(2)13-16-11-7-6-10(8-12(11)17-13)14(3,4)15-5/h6-9,15H,1-5H3,(H,16,17). The smallest absolute Gasteiger partial charge is 0.109 e. The summed E-state index contributed by atoms with van der Waals surface area (Å²) in [4.78, 5) is 7.98. The number of H-pyrrole nitrogens is 1. The van der Waals surface area contributed by atoms with Crippen molar-refractivity contribution in [2.75, 3.05) is 7.05 Å². The Kier molecular flexibility index (Phi) is 2.96. The summed E-state index contributed by atoms with van der Waals surface area (Å²) in [6, 6.07) is 6.42. The Morgan fingerprint density at radius 2 is 2.00 bits per heavy atom. The Balaban J connectivity index is 2.50. The van der Waals surface area contributed by atoms with E-state index in [4.69, 9.17) is 0 Å². The van der Waals surface area contributed by atoms with Crippen molar-refractivity contribution in [1.82, 2.24) is 15.3 Å². The van der Waals surface area contributed by atoms with Crippen LogP contribution in [0.5, 0.6) is 0 Å². The highest BCUT2D eigenvalue weighted by Gasteiger charge is 2.18. The van der Waals surface area contributed by atoms with Gasteiger partial charge in [0.05, 0.1) is 11.0 Å². The summed E-state index contributed by atoms with van der Waals surface area (Å²) < 4.78 is 0. The average Bonchev–Trinajstić information content (AvgIpc) is 2.71. The van der Waals surface area contributed by atoms with Gasteiger partial charge in [0, 0.05) is 11.5 Å². The third-order valence-electron chi connectivity index (χ3n) is 3.39. The van der Waals surface area contributed by atoms with E-state index in [2.05, 4.69) is 61.2 Å². The minimum Gasteiger partial charge on any atom is -0.342 e. The third kappa shape index (κ3) is 2.20. The van der Waals surface area contributed by atoms with Crippen LogP contribution in [0, 0.1) is 0 Å². The van der Waals surface area contributed by atoms with E-state index in [1.165, 1.54) is 5.56 Å². The van der Waals surface area contributed by atoms with Gasteiger partial charge in [-0.2, -0.15) is 0 Å². The Morgan fingerprint density at radius 1 is 1.29 bits per heavy atom. The molecule has 1 aromatic carbocycles. The van der Waals surface area contributed by atoms with E-state index >= 15 is 0 Å². The first kappa shape index (κ1) is 12.1. The lowest BCUT2D eigenvalue weighted by Gasteiger charge is -2.24. The first-order chi connectivity index (χ1) is 7.94. The summed E-state index contributed by atoms with van der Waals surface area (Å²) in [6.07, 6.45) is 0. The molecule has 2 rings (SSSR count). The van der Waals surface area contributed by atoms with Gasteiger partial charge in [-0.25, -0.2) is 4.98 Å². The van der Waals surface area contributed by atoms with Crippen molar-refractivity contribution in [2.24, 2.45) is 0 Å². The van der Waals surface area contributed by atoms with Gasteiger partial charge in [0.1, 0.15) is 5.82 Å². The summed E-state index contributed by atoms with van der Waals surface area (Å²) >= 11 is 0. The van der Waals surface area contributed by atoms with E-state index in [0.717, 1.165) is 16.9 Å². The van der Waals surface area contributed by atoms with Gasteiger partial charge in [0.25, 0.3) is 0 Å². The van der Waals surface area contributed by atoms with Crippen LogP contribution in [-0.2, 0) is 5.54 Å². The number of hydrogen-bond acceptors (Lipinski definition) is 2. The SMILES string of the molecule is CNC(C)(C)c1ccc2nc(C(C)C)[nH]c2c1. The molecule has 0 fully saturated rings. The van der Waals surface area contributed by atoms with Gasteiger partial charge in [0.15, 0.2) is 0 Å². The maximum Gasteiger partial charge on any atom is 0.109 e. The number of aromatic amines is 1. The zero-order valence-electron chi connectivity index (χ0n) is 11.3. The fourth-order valence-electron chi connectivity index (χ4n) is 1.84. The monoisotopic (exact) mass is 231 g/mol. The van der Waals surface area contributed by atoms with Crippen LogP contribution >= 0.6 is 0 Å². The molecule has 2 N–H and O–H groups in total. The van der Waals surface area contributed by atoms with E-state index in [1.807, 2.05) is 7.05 Å². The van der Waals surface area contributed by atoms with Crippen LogP contribution in [0.2, 0.25) is 0 Å². The van der Waals surface area contributed by atoms with Crippen molar-refractivity contribution in [3.63, 3.8) is 0 Å². The van der Waals surface area contributed by atoms with Gasteiger partial charge < -0.3 is 10.3 Å². The summed E-state index contributed by atoms with van der Waals surface area (Å²) in [7, 11) is 1.98. The highest BCUT2D eigenvalue weighted by atomic mass is 14.9. The molecule has 0 aliphatic heterocycles. The van der Waals surface area contributed by atoms with Crippen molar-refractivity contribution in [3.8, 4) is 0 Å². The molecule has 0 saturated heterocycles. The number of nitrogens with zero attached hydrogens (tertiary/aromatic N) is 1. The Bertz CT molecular complexity index is 523. The van der Waals surface area contributed by atoms with Crippen LogP contribution in [0.4, 0.5) is 0 Å². The number of imidazole rings is 1. The first-order valence-electron chi connectivity index (χ1n) is 6.13. The van der Waals surface area contributed by atoms with Gasteiger partial charge in [-0.1, -0.05) is 19.9 Å². The van der Waals surface area contributed by atoms with Crippen molar-refractivity contribution < 1.29 is 0 Å². The second kappa shape index (κ2) is 4.15. The van der Waals surface area contributed by atoms with E-state index in [-0.39, 0.29) is 5.54 Å². The molecule has 92 valence electrons. The van der Waals surface area contributed by atoms with Crippen LogP contribution in [0.3, 0.4) is 0 Å². The highest BCUT2D eigenvalue weighted by Crippen LogP contribution is 2.24. The predicted octanol–water partition coefficient (Wildman–Crippen LogP) is 3.14. The molecule has 3 heteroatoms. The van der Waals surface area contributed by atoms with Crippen LogP contribution in [0.15, 0.2) is 18.2 Å². The van der Waals surface area contributed by atoms with Crippen LogP contribution in [-0.4, -0.2) is 17.0 Å². The summed E-state index contributed by atoms with van der Waals surface area (Å²) in [5.41, 5.74) is 3.42. The predicted molar refractivity (Wildman–Crippen MR) is 72.3 cm³/mol. The second-order valence-corrected chi connectivity index (χ2v) is 5.38. The van der Waals surface area contributed by atoms with E-state index in [0.29, 0.717) is 5.92 Å². The van der Waals surface area contributed by atoms with Crippen LogP contribution in [0.25, 0.3) is 11.0 Å². The molecule has 1 heterocycles. The lowest BCUT2D eigenvalue weighted by atomic mass is 9.94. The Hall–Kier alpha value is -1.35. The van der Waals surface area contributed by atoms with E-state index in [9.17, 15) is 0 Å². The zero-order chi connectivity index (χ0) is 12.6. The third-order valence-corrected chi connectivity index (χ3v) is 3.39. The quantitative estimate of drug-likeness (QED) is 0.852. The summed E-state index contributed by atoms with van der Waals surface area (Å²) in [5.74, 6) is 1.49. The lowest BCUT2D eigenvalue weighted by molar-refractivity contribution is 0.445. The molecule has 2 aromatic rings. The maximum atomic E-state index is 4.59. The number of hydrogen-bond donors (Lipinski definition) is 2. The first-order valence-corrected chi connectivity index (χ1v) is 6.13. The molecule has 0 bridgehead atoms. The number of aromatic nitrogens is 2. The van der Waals surface area contributed by atoms with Crippen molar-refractivity contribution in [3.05, 3.63) is 29.6 Å². The van der Waals surface area contributed by atoms with Gasteiger partial charge in [0.2, 0.25) is 0 Å². The number of fused-ring (bicyclic) bond motifs is 1. The molecule has 0 spiro atoms. The second-order valence-electron chi connectivity index (χ2n) is 5.38. The van der Waals surface area contributed by atoms with Gasteiger partial charge >= 0.3 is 0 Å². The minimum absolute atomic E-state index is 0.0166. The number of benzene rings is 1. The fraction of sp³-hybridized carbons (Fsp3) is 0.500. The lowest BCUT2D eigenvalue weighted by Crippen LogP contribution is -2.32. The van der Waals surface area contributed by atoms with E-state index in [1.54, 1.807) is 0 Å². The largest absolute Gasteiger partial charge is 0.342 e. The molecule has 1 aromatic heterocycles. The molecule has 0 aliphatic rings. The molecule has 17 heavy (non-hydrogen) atoms. The van der Waals surface area contributed by atoms with Crippen molar-refractivity contribution in [1.29, 1.82) is 0 Å². The van der Waals surface area contributed by atoms with Gasteiger partial charge in [-0.15, -0.1) is 0 Å².